The maximum atomic E-state index is 11.4. The summed E-state index contributed by atoms with van der Waals surface area (Å²) in [7, 11) is 1.35. The number of piperidine rings is 1. The lowest BCUT2D eigenvalue weighted by molar-refractivity contribution is -0.134. The number of hydrogen-bond acceptors (Lipinski definition) is 4. The monoisotopic (exact) mass is 227 g/mol. The molecule has 0 atom stereocenters. The summed E-state index contributed by atoms with van der Waals surface area (Å²) in [5.74, 6) is -0.334. The van der Waals surface area contributed by atoms with E-state index in [1.807, 2.05) is 0 Å². The Labute approximate surface area is 95.0 Å². The van der Waals surface area contributed by atoms with Crippen molar-refractivity contribution >= 4 is 12.1 Å². The van der Waals surface area contributed by atoms with Crippen LogP contribution < -0.4 is 0 Å². The number of rotatable bonds is 2. The van der Waals surface area contributed by atoms with Crippen LogP contribution in [0.5, 0.6) is 0 Å². The first-order valence-corrected chi connectivity index (χ1v) is 5.36. The highest BCUT2D eigenvalue weighted by Gasteiger charge is 2.20. The van der Waals surface area contributed by atoms with Crippen molar-refractivity contribution in [3.8, 4) is 0 Å². The van der Waals surface area contributed by atoms with Crippen molar-refractivity contribution in [2.75, 3.05) is 26.8 Å². The standard InChI is InChI=1S/C11H17NO4/c1-3-16-11(14)12-6-4-9(5-7-12)8-10(13)15-2/h8H,3-7H2,1-2H3. The van der Waals surface area contributed by atoms with Crippen molar-refractivity contribution in [2.45, 2.75) is 19.8 Å². The summed E-state index contributed by atoms with van der Waals surface area (Å²) in [6.07, 6.45) is 2.63. The Balaban J connectivity index is 2.42. The predicted molar refractivity (Wildman–Crippen MR) is 57.9 cm³/mol. The van der Waals surface area contributed by atoms with Gasteiger partial charge in [0.2, 0.25) is 0 Å². The number of carbonyl (C=O) groups is 2. The zero-order valence-corrected chi connectivity index (χ0v) is 9.69. The van der Waals surface area contributed by atoms with Crippen molar-refractivity contribution in [3.63, 3.8) is 0 Å². The summed E-state index contributed by atoms with van der Waals surface area (Å²) in [6, 6.07) is 0. The third-order valence-corrected chi connectivity index (χ3v) is 2.45. The fourth-order valence-corrected chi connectivity index (χ4v) is 1.56. The Hall–Kier alpha value is -1.52. The van der Waals surface area contributed by atoms with E-state index in [1.54, 1.807) is 11.8 Å². The second-order valence-corrected chi connectivity index (χ2v) is 3.51. The van der Waals surface area contributed by atoms with Gasteiger partial charge in [0, 0.05) is 19.2 Å². The van der Waals surface area contributed by atoms with Crippen molar-refractivity contribution in [1.82, 2.24) is 4.90 Å². The van der Waals surface area contributed by atoms with E-state index in [9.17, 15) is 9.59 Å². The van der Waals surface area contributed by atoms with Gasteiger partial charge in [-0.15, -0.1) is 0 Å². The number of ether oxygens (including phenoxy) is 2. The number of nitrogens with zero attached hydrogens (tertiary/aromatic N) is 1. The fraction of sp³-hybridized carbons (Fsp3) is 0.636. The molecule has 0 aromatic carbocycles. The molecule has 0 saturated carbocycles. The Kier molecular flexibility index (Phi) is 4.82. The summed E-state index contributed by atoms with van der Waals surface area (Å²) < 4.78 is 9.44. The molecule has 0 N–H and O–H groups in total. The number of amides is 1. The quantitative estimate of drug-likeness (QED) is 0.527. The van der Waals surface area contributed by atoms with Crippen molar-refractivity contribution in [1.29, 1.82) is 0 Å². The minimum atomic E-state index is -0.334. The molecule has 0 unspecified atom stereocenters. The molecular weight excluding hydrogens is 210 g/mol. The highest BCUT2D eigenvalue weighted by atomic mass is 16.6. The van der Waals surface area contributed by atoms with E-state index < -0.39 is 0 Å². The van der Waals surface area contributed by atoms with Crippen LogP contribution in [0.2, 0.25) is 0 Å². The Morgan fingerprint density at radius 2 is 2.00 bits per heavy atom. The van der Waals surface area contributed by atoms with Gasteiger partial charge in [-0.3, -0.25) is 0 Å². The van der Waals surface area contributed by atoms with Crippen LogP contribution in [0.15, 0.2) is 11.6 Å². The topological polar surface area (TPSA) is 55.8 Å². The molecule has 0 bridgehead atoms. The second kappa shape index (κ2) is 6.15. The summed E-state index contributed by atoms with van der Waals surface area (Å²) in [4.78, 5) is 24.0. The first-order valence-electron chi connectivity index (χ1n) is 5.36. The molecule has 0 radical (unpaired) electrons. The van der Waals surface area contributed by atoms with Crippen molar-refractivity contribution < 1.29 is 19.1 Å². The molecule has 0 aromatic heterocycles. The SMILES string of the molecule is CCOC(=O)N1CCC(=CC(=O)OC)CC1. The molecule has 0 aliphatic carbocycles. The van der Waals surface area contributed by atoms with Gasteiger partial charge >= 0.3 is 12.1 Å². The van der Waals surface area contributed by atoms with Crippen LogP contribution in [-0.4, -0.2) is 43.8 Å². The zero-order valence-electron chi connectivity index (χ0n) is 9.69. The normalized spacial score (nSPS) is 15.6. The average Bonchev–Trinajstić information content (AvgIpc) is 2.30. The molecule has 1 fully saturated rings. The predicted octanol–water partition coefficient (Wildman–Crippen LogP) is 1.34. The third-order valence-electron chi connectivity index (χ3n) is 2.45. The van der Waals surface area contributed by atoms with Crippen LogP contribution in [0.25, 0.3) is 0 Å². The van der Waals surface area contributed by atoms with Crippen LogP contribution in [0.1, 0.15) is 19.8 Å². The highest BCUT2D eigenvalue weighted by Crippen LogP contribution is 2.16. The van der Waals surface area contributed by atoms with Gasteiger partial charge < -0.3 is 14.4 Å². The molecule has 1 heterocycles. The molecule has 0 spiro atoms. The molecule has 5 nitrogen and oxygen atoms in total. The van der Waals surface area contributed by atoms with E-state index in [-0.39, 0.29) is 12.1 Å². The third kappa shape index (κ3) is 3.56. The molecule has 1 amide bonds. The van der Waals surface area contributed by atoms with Gasteiger partial charge in [0.25, 0.3) is 0 Å². The number of esters is 1. The van der Waals surface area contributed by atoms with E-state index >= 15 is 0 Å². The lowest BCUT2D eigenvalue weighted by Crippen LogP contribution is -2.36. The number of hydrogen-bond donors (Lipinski definition) is 0. The molecule has 5 heteroatoms. The summed E-state index contributed by atoms with van der Waals surface area (Å²) in [6.45, 7) is 3.37. The largest absolute Gasteiger partial charge is 0.466 e. The van der Waals surface area contributed by atoms with E-state index in [0.717, 1.165) is 5.57 Å². The summed E-state index contributed by atoms with van der Waals surface area (Å²) in [5, 5.41) is 0. The molecule has 1 rings (SSSR count). The lowest BCUT2D eigenvalue weighted by atomic mass is 10.0. The van der Waals surface area contributed by atoms with Crippen molar-refractivity contribution in [3.05, 3.63) is 11.6 Å². The van der Waals surface area contributed by atoms with Crippen LogP contribution in [-0.2, 0) is 14.3 Å². The van der Waals surface area contributed by atoms with Gasteiger partial charge in [0.05, 0.1) is 13.7 Å². The number of likely N-dealkylation sites (tertiary alicyclic amines) is 1. The van der Waals surface area contributed by atoms with Gasteiger partial charge in [-0.05, 0) is 19.8 Å². The van der Waals surface area contributed by atoms with Crippen LogP contribution in [0.4, 0.5) is 4.79 Å². The first kappa shape index (κ1) is 12.5. The first-order chi connectivity index (χ1) is 7.67. The van der Waals surface area contributed by atoms with Gasteiger partial charge in [0.1, 0.15) is 0 Å². The fourth-order valence-electron chi connectivity index (χ4n) is 1.56. The Morgan fingerprint density at radius 3 is 2.50 bits per heavy atom. The Morgan fingerprint density at radius 1 is 1.38 bits per heavy atom. The minimum Gasteiger partial charge on any atom is -0.466 e. The molecule has 0 aromatic rings. The molecule has 16 heavy (non-hydrogen) atoms. The summed E-state index contributed by atoms with van der Waals surface area (Å²) >= 11 is 0. The summed E-state index contributed by atoms with van der Waals surface area (Å²) in [5.41, 5.74) is 1.02. The van der Waals surface area contributed by atoms with Gasteiger partial charge in [-0.1, -0.05) is 5.57 Å². The van der Waals surface area contributed by atoms with Crippen LogP contribution in [0, 0.1) is 0 Å². The van der Waals surface area contributed by atoms with E-state index in [2.05, 4.69) is 4.74 Å². The number of carbonyl (C=O) groups excluding carboxylic acids is 2. The van der Waals surface area contributed by atoms with Gasteiger partial charge in [0.15, 0.2) is 0 Å². The maximum absolute atomic E-state index is 11.4. The van der Waals surface area contributed by atoms with E-state index in [4.69, 9.17) is 4.74 Å². The molecule has 1 aliphatic rings. The molecular formula is C11H17NO4. The highest BCUT2D eigenvalue weighted by molar-refractivity contribution is 5.82. The van der Waals surface area contributed by atoms with Gasteiger partial charge in [-0.2, -0.15) is 0 Å². The smallest absolute Gasteiger partial charge is 0.409 e. The zero-order chi connectivity index (χ0) is 12.0. The van der Waals surface area contributed by atoms with E-state index in [0.29, 0.717) is 32.5 Å². The second-order valence-electron chi connectivity index (χ2n) is 3.51. The lowest BCUT2D eigenvalue weighted by Gasteiger charge is -2.27. The average molecular weight is 227 g/mol. The van der Waals surface area contributed by atoms with Gasteiger partial charge in [-0.25, -0.2) is 9.59 Å². The molecule has 90 valence electrons. The van der Waals surface area contributed by atoms with Crippen LogP contribution >= 0.6 is 0 Å². The van der Waals surface area contributed by atoms with Crippen molar-refractivity contribution in [2.24, 2.45) is 0 Å². The minimum absolute atomic E-state index is 0.278. The number of methoxy groups -OCH3 is 1. The van der Waals surface area contributed by atoms with Crippen LogP contribution in [0.3, 0.4) is 0 Å². The van der Waals surface area contributed by atoms with E-state index in [1.165, 1.54) is 13.2 Å². The molecule has 1 aliphatic heterocycles. The maximum Gasteiger partial charge on any atom is 0.409 e. The molecule has 1 saturated heterocycles. The Bertz CT molecular complexity index is 288.